The van der Waals surface area contributed by atoms with Gasteiger partial charge in [0.15, 0.2) is 0 Å². The molecule has 0 bridgehead atoms. The third-order valence-electron chi connectivity index (χ3n) is 2.49. The number of benzene rings is 1. The first kappa shape index (κ1) is 12.7. The van der Waals surface area contributed by atoms with Crippen LogP contribution in [0.25, 0.3) is 0 Å². The predicted molar refractivity (Wildman–Crippen MR) is 66.4 cm³/mol. The molecule has 18 heavy (non-hydrogen) atoms. The van der Waals surface area contributed by atoms with E-state index in [0.29, 0.717) is 11.4 Å². The van der Waals surface area contributed by atoms with Crippen molar-refractivity contribution in [3.05, 3.63) is 42.2 Å². The number of hydrogen-bond acceptors (Lipinski definition) is 4. The van der Waals surface area contributed by atoms with Crippen LogP contribution in [-0.2, 0) is 16.6 Å². The van der Waals surface area contributed by atoms with Crippen LogP contribution in [-0.4, -0.2) is 30.0 Å². The van der Waals surface area contributed by atoms with Crippen molar-refractivity contribution in [3.63, 3.8) is 0 Å². The molecule has 2 aromatic rings. The Kier molecular flexibility index (Phi) is 3.73. The van der Waals surface area contributed by atoms with Gasteiger partial charge >= 0.3 is 0 Å². The average Bonchev–Trinajstić information content (AvgIpc) is 2.82. The van der Waals surface area contributed by atoms with E-state index in [9.17, 15) is 8.42 Å². The molecule has 0 amide bonds. The van der Waals surface area contributed by atoms with Gasteiger partial charge in [0.2, 0.25) is 10.0 Å². The topological polar surface area (TPSA) is 76.9 Å². The third kappa shape index (κ3) is 2.93. The van der Waals surface area contributed by atoms with E-state index in [0.717, 1.165) is 5.56 Å². The molecule has 0 radical (unpaired) electrons. The van der Waals surface area contributed by atoms with E-state index in [1.165, 1.54) is 0 Å². The highest BCUT2D eigenvalue weighted by Gasteiger charge is 2.15. The minimum atomic E-state index is -3.46. The summed E-state index contributed by atoms with van der Waals surface area (Å²) in [6.45, 7) is 2.50. The summed E-state index contributed by atoms with van der Waals surface area (Å²) >= 11 is 0. The number of nitrogens with zero attached hydrogens (tertiary/aromatic N) is 3. The second kappa shape index (κ2) is 5.28. The normalized spacial score (nSPS) is 11.6. The number of sulfonamides is 1. The minimum absolute atomic E-state index is 0.278. The van der Waals surface area contributed by atoms with Crippen molar-refractivity contribution in [2.24, 2.45) is 0 Å². The lowest BCUT2D eigenvalue weighted by atomic mass is 10.2. The molecule has 0 unspecified atom stereocenters. The molecule has 6 nitrogen and oxygen atoms in total. The van der Waals surface area contributed by atoms with Gasteiger partial charge in [-0.3, -0.25) is 4.68 Å². The molecule has 96 valence electrons. The highest BCUT2D eigenvalue weighted by Crippen LogP contribution is 2.13. The van der Waals surface area contributed by atoms with Gasteiger partial charge < -0.3 is 0 Å². The molecule has 1 N–H and O–H groups in total. The van der Waals surface area contributed by atoms with Crippen molar-refractivity contribution in [2.45, 2.75) is 18.4 Å². The Morgan fingerprint density at radius 2 is 2.11 bits per heavy atom. The maximum absolute atomic E-state index is 12.0. The summed E-state index contributed by atoms with van der Waals surface area (Å²) < 4.78 is 28.2. The molecule has 1 aromatic heterocycles. The lowest BCUT2D eigenvalue weighted by molar-refractivity contribution is 0.552. The molecule has 0 saturated carbocycles. The van der Waals surface area contributed by atoms with E-state index >= 15 is 0 Å². The van der Waals surface area contributed by atoms with Crippen LogP contribution in [0.2, 0.25) is 0 Å². The first-order valence-corrected chi connectivity index (χ1v) is 6.97. The van der Waals surface area contributed by atoms with Crippen LogP contribution in [0.5, 0.6) is 0 Å². The van der Waals surface area contributed by atoms with Gasteiger partial charge in [-0.25, -0.2) is 13.1 Å². The lowest BCUT2D eigenvalue weighted by Crippen LogP contribution is -2.28. The third-order valence-corrected chi connectivity index (χ3v) is 4.11. The quantitative estimate of drug-likeness (QED) is 0.858. The molecule has 0 atom stereocenters. The molecule has 0 aliphatic heterocycles. The van der Waals surface area contributed by atoms with Crippen LogP contribution in [0.15, 0.2) is 41.6 Å². The Morgan fingerprint density at radius 3 is 2.78 bits per heavy atom. The van der Waals surface area contributed by atoms with Gasteiger partial charge in [0.05, 0.1) is 17.6 Å². The molecule has 0 saturated heterocycles. The first-order chi connectivity index (χ1) is 8.59. The SMILES string of the molecule is Cc1ccccc1S(=O)(=O)NCCn1ccnn1. The lowest BCUT2D eigenvalue weighted by Gasteiger charge is -2.08. The summed E-state index contributed by atoms with van der Waals surface area (Å²) in [5, 5.41) is 7.40. The van der Waals surface area contributed by atoms with E-state index in [4.69, 9.17) is 0 Å². The Morgan fingerprint density at radius 1 is 1.33 bits per heavy atom. The first-order valence-electron chi connectivity index (χ1n) is 5.49. The van der Waals surface area contributed by atoms with Crippen LogP contribution in [0, 0.1) is 6.92 Å². The Hall–Kier alpha value is -1.73. The number of rotatable bonds is 5. The van der Waals surface area contributed by atoms with E-state index in [1.54, 1.807) is 42.2 Å². The molecule has 0 spiro atoms. The van der Waals surface area contributed by atoms with Crippen LogP contribution in [0.3, 0.4) is 0 Å². The maximum atomic E-state index is 12.0. The molecule has 2 rings (SSSR count). The number of nitrogens with one attached hydrogen (secondary N) is 1. The molecular weight excluding hydrogens is 252 g/mol. The standard InChI is InChI=1S/C11H14N4O2S/c1-10-4-2-3-5-11(10)18(16,17)13-7-9-15-8-6-12-14-15/h2-6,8,13H,7,9H2,1H3. The molecule has 0 aliphatic carbocycles. The zero-order chi connectivity index (χ0) is 13.0. The Bertz CT molecular complexity index is 608. The van der Waals surface area contributed by atoms with Gasteiger partial charge in [0.1, 0.15) is 0 Å². The van der Waals surface area contributed by atoms with Crippen molar-refractivity contribution >= 4 is 10.0 Å². The van der Waals surface area contributed by atoms with Crippen LogP contribution in [0.1, 0.15) is 5.56 Å². The largest absolute Gasteiger partial charge is 0.251 e. The van der Waals surface area contributed by atoms with Crippen molar-refractivity contribution < 1.29 is 8.42 Å². The summed E-state index contributed by atoms with van der Waals surface area (Å²) in [4.78, 5) is 0.309. The Labute approximate surface area is 106 Å². The number of hydrogen-bond donors (Lipinski definition) is 1. The zero-order valence-electron chi connectivity index (χ0n) is 9.94. The summed E-state index contributed by atoms with van der Waals surface area (Å²) in [6, 6.07) is 6.88. The fourth-order valence-corrected chi connectivity index (χ4v) is 2.85. The van der Waals surface area contributed by atoms with Crippen molar-refractivity contribution in [3.8, 4) is 0 Å². The Balaban J connectivity index is 2.02. The van der Waals surface area contributed by atoms with Gasteiger partial charge in [-0.05, 0) is 18.6 Å². The fourth-order valence-electron chi connectivity index (χ4n) is 1.58. The predicted octanol–water partition coefficient (Wildman–Crippen LogP) is 0.565. The highest BCUT2D eigenvalue weighted by molar-refractivity contribution is 7.89. The molecule has 1 aromatic carbocycles. The molecule has 7 heteroatoms. The maximum Gasteiger partial charge on any atom is 0.240 e. The van der Waals surface area contributed by atoms with Crippen LogP contribution >= 0.6 is 0 Å². The van der Waals surface area contributed by atoms with E-state index in [-0.39, 0.29) is 6.54 Å². The highest BCUT2D eigenvalue weighted by atomic mass is 32.2. The molecule has 1 heterocycles. The number of aryl methyl sites for hydroxylation is 1. The van der Waals surface area contributed by atoms with Crippen molar-refractivity contribution in [1.29, 1.82) is 0 Å². The number of aromatic nitrogens is 3. The average molecular weight is 266 g/mol. The second-order valence-corrected chi connectivity index (χ2v) is 5.56. The molecule has 0 aliphatic rings. The summed E-state index contributed by atoms with van der Waals surface area (Å²) in [7, 11) is -3.46. The van der Waals surface area contributed by atoms with Gasteiger partial charge in [-0.1, -0.05) is 23.4 Å². The van der Waals surface area contributed by atoms with Gasteiger partial charge in [0, 0.05) is 12.7 Å². The van der Waals surface area contributed by atoms with Crippen molar-refractivity contribution in [2.75, 3.05) is 6.54 Å². The molecule has 0 fully saturated rings. The fraction of sp³-hybridized carbons (Fsp3) is 0.273. The summed E-state index contributed by atoms with van der Waals surface area (Å²) in [6.07, 6.45) is 3.23. The van der Waals surface area contributed by atoms with Gasteiger partial charge in [0.25, 0.3) is 0 Å². The minimum Gasteiger partial charge on any atom is -0.251 e. The van der Waals surface area contributed by atoms with E-state index in [1.807, 2.05) is 6.07 Å². The van der Waals surface area contributed by atoms with E-state index in [2.05, 4.69) is 15.0 Å². The van der Waals surface area contributed by atoms with Crippen molar-refractivity contribution in [1.82, 2.24) is 19.7 Å². The molecular formula is C11H14N4O2S. The van der Waals surface area contributed by atoms with Gasteiger partial charge in [-0.2, -0.15) is 0 Å². The second-order valence-electron chi connectivity index (χ2n) is 3.83. The smallest absolute Gasteiger partial charge is 0.240 e. The van der Waals surface area contributed by atoms with Crippen LogP contribution in [0.4, 0.5) is 0 Å². The van der Waals surface area contributed by atoms with Crippen LogP contribution < -0.4 is 4.72 Å². The zero-order valence-corrected chi connectivity index (χ0v) is 10.8. The van der Waals surface area contributed by atoms with Gasteiger partial charge in [-0.15, -0.1) is 5.10 Å². The van der Waals surface area contributed by atoms with E-state index < -0.39 is 10.0 Å². The summed E-state index contributed by atoms with van der Waals surface area (Å²) in [5.74, 6) is 0. The summed E-state index contributed by atoms with van der Waals surface area (Å²) in [5.41, 5.74) is 0.728. The monoisotopic (exact) mass is 266 g/mol.